The highest BCUT2D eigenvalue weighted by atomic mass is 32.1. The first kappa shape index (κ1) is 13.5. The molecular weight excluding hydrogens is 312 g/mol. The van der Waals surface area contributed by atoms with Crippen molar-refractivity contribution in [2.75, 3.05) is 5.32 Å². The molecule has 0 aliphatic heterocycles. The van der Waals surface area contributed by atoms with Crippen LogP contribution in [0.4, 0.5) is 5.13 Å². The molecule has 0 fully saturated rings. The topological polar surface area (TPSA) is 85.1 Å². The fourth-order valence-corrected chi connectivity index (χ4v) is 2.73. The summed E-state index contributed by atoms with van der Waals surface area (Å²) in [4.78, 5) is 15.8. The number of hydrogen-bond donors (Lipinski definition) is 1. The van der Waals surface area contributed by atoms with Crippen LogP contribution in [0.15, 0.2) is 48.1 Å². The highest BCUT2D eigenvalue weighted by Crippen LogP contribution is 2.17. The van der Waals surface area contributed by atoms with Crippen LogP contribution in [0, 0.1) is 0 Å². The average molecular weight is 322 g/mol. The molecule has 8 heteroatoms. The number of fused-ring (bicyclic) bond motifs is 3. The van der Waals surface area contributed by atoms with Crippen molar-refractivity contribution in [3.8, 4) is 0 Å². The first-order valence-electron chi connectivity index (χ1n) is 6.79. The van der Waals surface area contributed by atoms with Crippen LogP contribution in [-0.4, -0.2) is 30.7 Å². The predicted molar refractivity (Wildman–Crippen MR) is 88.1 cm³/mol. The molecule has 3 aromatic heterocycles. The van der Waals surface area contributed by atoms with Gasteiger partial charge in [0, 0.05) is 28.4 Å². The molecule has 0 saturated heterocycles. The number of nitrogens with one attached hydrogen (secondary N) is 1. The van der Waals surface area contributed by atoms with E-state index >= 15 is 0 Å². The quantitative estimate of drug-likeness (QED) is 0.585. The Morgan fingerprint density at radius 3 is 3.04 bits per heavy atom. The number of nitrogens with zero attached hydrogens (tertiary/aromatic N) is 5. The Bertz CT molecular complexity index is 1020. The maximum atomic E-state index is 11.8. The number of aromatic nitrogens is 5. The lowest BCUT2D eigenvalue weighted by atomic mass is 10.2. The smallest absolute Gasteiger partial charge is 0.250 e. The van der Waals surface area contributed by atoms with Crippen molar-refractivity contribution in [3.05, 3.63) is 53.9 Å². The molecule has 23 heavy (non-hydrogen) atoms. The van der Waals surface area contributed by atoms with Crippen molar-refractivity contribution < 1.29 is 4.79 Å². The summed E-state index contributed by atoms with van der Waals surface area (Å²) in [6.45, 7) is 0. The molecule has 0 unspecified atom stereocenters. The van der Waals surface area contributed by atoms with Crippen molar-refractivity contribution in [1.82, 2.24) is 24.8 Å². The van der Waals surface area contributed by atoms with Gasteiger partial charge in [0.05, 0.1) is 6.20 Å². The molecule has 0 aliphatic rings. The number of thiazole rings is 1. The molecule has 1 amide bonds. The SMILES string of the molecule is O=C(C=Cc1nnc2c3ccccc3cnn12)Nc1nccs1. The minimum absolute atomic E-state index is 0.280. The summed E-state index contributed by atoms with van der Waals surface area (Å²) in [5, 5.41) is 19.5. The molecule has 0 spiro atoms. The van der Waals surface area contributed by atoms with Crippen molar-refractivity contribution in [2.24, 2.45) is 0 Å². The number of benzene rings is 1. The van der Waals surface area contributed by atoms with E-state index < -0.39 is 0 Å². The predicted octanol–water partition coefficient (Wildman–Crippen LogP) is 2.39. The second-order valence-electron chi connectivity index (χ2n) is 4.69. The summed E-state index contributed by atoms with van der Waals surface area (Å²) < 4.78 is 1.61. The van der Waals surface area contributed by atoms with Crippen LogP contribution in [0.1, 0.15) is 5.82 Å². The van der Waals surface area contributed by atoms with E-state index in [0.29, 0.717) is 16.6 Å². The van der Waals surface area contributed by atoms with Gasteiger partial charge in [-0.3, -0.25) is 10.1 Å². The summed E-state index contributed by atoms with van der Waals surface area (Å²) >= 11 is 1.36. The summed E-state index contributed by atoms with van der Waals surface area (Å²) in [7, 11) is 0. The Hall–Kier alpha value is -3.13. The largest absolute Gasteiger partial charge is 0.298 e. The third kappa shape index (κ3) is 2.55. The second kappa shape index (κ2) is 5.58. The zero-order valence-corrected chi connectivity index (χ0v) is 12.6. The Morgan fingerprint density at radius 1 is 1.26 bits per heavy atom. The molecule has 0 bridgehead atoms. The van der Waals surface area contributed by atoms with Crippen LogP contribution in [0.2, 0.25) is 0 Å². The molecule has 0 saturated carbocycles. The number of carbonyl (C=O) groups excluding carboxylic acids is 1. The van der Waals surface area contributed by atoms with Gasteiger partial charge in [0.15, 0.2) is 16.6 Å². The van der Waals surface area contributed by atoms with Gasteiger partial charge in [-0.25, -0.2) is 4.98 Å². The molecule has 3 heterocycles. The number of hydrogen-bond acceptors (Lipinski definition) is 6. The lowest BCUT2D eigenvalue weighted by Crippen LogP contribution is -2.07. The minimum Gasteiger partial charge on any atom is -0.298 e. The zero-order valence-electron chi connectivity index (χ0n) is 11.7. The van der Waals surface area contributed by atoms with Crippen LogP contribution >= 0.6 is 11.3 Å². The van der Waals surface area contributed by atoms with Crippen molar-refractivity contribution in [2.45, 2.75) is 0 Å². The fourth-order valence-electron chi connectivity index (χ4n) is 2.19. The van der Waals surface area contributed by atoms with Gasteiger partial charge in [-0.1, -0.05) is 24.3 Å². The van der Waals surface area contributed by atoms with Crippen LogP contribution in [0.25, 0.3) is 22.5 Å². The number of amides is 1. The molecular formula is C15H10N6OS. The summed E-state index contributed by atoms with van der Waals surface area (Å²) in [6, 6.07) is 7.81. The standard InChI is InChI=1S/C15H10N6OS/c22-13(18-15-16-7-8-23-15)6-5-12-19-20-14-11-4-2-1-3-10(11)9-17-21(12)14/h1-9H,(H,16,18,22). The van der Waals surface area contributed by atoms with Crippen LogP contribution in [0.3, 0.4) is 0 Å². The highest BCUT2D eigenvalue weighted by molar-refractivity contribution is 7.13. The first-order valence-corrected chi connectivity index (χ1v) is 7.67. The van der Waals surface area contributed by atoms with E-state index in [2.05, 4.69) is 25.6 Å². The third-order valence-electron chi connectivity index (χ3n) is 3.23. The van der Waals surface area contributed by atoms with Crippen molar-refractivity contribution in [1.29, 1.82) is 0 Å². The van der Waals surface area contributed by atoms with E-state index in [9.17, 15) is 4.79 Å². The number of carbonyl (C=O) groups is 1. The number of rotatable bonds is 3. The van der Waals surface area contributed by atoms with E-state index in [0.717, 1.165) is 10.8 Å². The molecule has 1 aromatic carbocycles. The molecule has 1 N–H and O–H groups in total. The molecule has 0 radical (unpaired) electrons. The maximum absolute atomic E-state index is 11.8. The van der Waals surface area contributed by atoms with E-state index in [1.165, 1.54) is 17.4 Å². The monoisotopic (exact) mass is 322 g/mol. The Balaban J connectivity index is 1.65. The minimum atomic E-state index is -0.280. The average Bonchev–Trinajstić information content (AvgIpc) is 3.22. The summed E-state index contributed by atoms with van der Waals surface area (Å²) in [5.41, 5.74) is 0.656. The molecule has 7 nitrogen and oxygen atoms in total. The summed E-state index contributed by atoms with van der Waals surface area (Å²) in [6.07, 6.45) is 6.34. The second-order valence-corrected chi connectivity index (χ2v) is 5.58. The van der Waals surface area contributed by atoms with Gasteiger partial charge < -0.3 is 0 Å². The van der Waals surface area contributed by atoms with Crippen LogP contribution in [0.5, 0.6) is 0 Å². The lowest BCUT2D eigenvalue weighted by Gasteiger charge is -1.99. The van der Waals surface area contributed by atoms with Crippen molar-refractivity contribution in [3.63, 3.8) is 0 Å². The Kier molecular flexibility index (Phi) is 3.28. The number of anilines is 1. The Morgan fingerprint density at radius 2 is 2.17 bits per heavy atom. The van der Waals surface area contributed by atoms with Crippen molar-refractivity contribution >= 4 is 44.9 Å². The van der Waals surface area contributed by atoms with Gasteiger partial charge in [-0.2, -0.15) is 9.61 Å². The molecule has 0 atom stereocenters. The van der Waals surface area contributed by atoms with Gasteiger partial charge in [0.1, 0.15) is 0 Å². The molecule has 0 aliphatic carbocycles. The lowest BCUT2D eigenvalue weighted by molar-refractivity contribution is -0.111. The maximum Gasteiger partial charge on any atom is 0.250 e. The van der Waals surface area contributed by atoms with E-state index in [1.807, 2.05) is 24.3 Å². The highest BCUT2D eigenvalue weighted by Gasteiger charge is 2.08. The van der Waals surface area contributed by atoms with Crippen LogP contribution in [-0.2, 0) is 4.79 Å². The van der Waals surface area contributed by atoms with E-state index in [4.69, 9.17) is 0 Å². The first-order chi connectivity index (χ1) is 11.3. The third-order valence-corrected chi connectivity index (χ3v) is 3.91. The van der Waals surface area contributed by atoms with Gasteiger partial charge >= 0.3 is 0 Å². The van der Waals surface area contributed by atoms with E-state index in [-0.39, 0.29) is 5.91 Å². The normalized spacial score (nSPS) is 11.5. The van der Waals surface area contributed by atoms with Gasteiger partial charge in [-0.05, 0) is 6.08 Å². The van der Waals surface area contributed by atoms with Gasteiger partial charge in [0.25, 0.3) is 0 Å². The molecule has 112 valence electrons. The van der Waals surface area contributed by atoms with Crippen LogP contribution < -0.4 is 5.32 Å². The fraction of sp³-hybridized carbons (Fsp3) is 0. The molecule has 4 rings (SSSR count). The van der Waals surface area contributed by atoms with E-state index in [1.54, 1.807) is 28.4 Å². The van der Waals surface area contributed by atoms with Gasteiger partial charge in [0.2, 0.25) is 5.91 Å². The molecule has 4 aromatic rings. The summed E-state index contributed by atoms with van der Waals surface area (Å²) in [5.74, 6) is 0.206. The van der Waals surface area contributed by atoms with Gasteiger partial charge in [-0.15, -0.1) is 21.5 Å². The zero-order chi connectivity index (χ0) is 15.6. The Labute approximate surface area is 134 Å².